The molecule has 1 N–H and O–H groups in total. The molecule has 0 bridgehead atoms. The molecular weight excluding hydrogens is 211 g/mol. The quantitative estimate of drug-likeness (QED) is 0.475. The van der Waals surface area contributed by atoms with Gasteiger partial charge in [0, 0.05) is 6.04 Å². The second kappa shape index (κ2) is 5.25. The van der Waals surface area contributed by atoms with Crippen molar-refractivity contribution in [1.29, 1.82) is 0 Å². The number of rotatable bonds is 5. The summed E-state index contributed by atoms with van der Waals surface area (Å²) in [7, 11) is 0. The van der Waals surface area contributed by atoms with Crippen LogP contribution >= 0.6 is 0 Å². The van der Waals surface area contributed by atoms with Gasteiger partial charge in [0.05, 0.1) is 4.92 Å². The average molecular weight is 224 g/mol. The van der Waals surface area contributed by atoms with Gasteiger partial charge in [-0.25, -0.2) is 0 Å². The van der Waals surface area contributed by atoms with E-state index >= 15 is 0 Å². The minimum atomic E-state index is -0.833. The number of hydrogen-bond donors (Lipinski definition) is 1. The minimum absolute atomic E-state index is 0.0296. The van der Waals surface area contributed by atoms with E-state index in [1.165, 1.54) is 12.1 Å². The predicted molar refractivity (Wildman–Crippen MR) is 61.0 cm³/mol. The Bertz CT molecular complexity index is 407. The molecule has 0 radical (unpaired) electrons. The summed E-state index contributed by atoms with van der Waals surface area (Å²) in [6.45, 7) is 5.41. The van der Waals surface area contributed by atoms with E-state index in [9.17, 15) is 14.5 Å². The molecule has 4 nitrogen and oxygen atoms in total. The van der Waals surface area contributed by atoms with E-state index in [0.29, 0.717) is 6.42 Å². The Kier molecular flexibility index (Phi) is 3.99. The normalized spacial score (nSPS) is 11.9. The highest BCUT2D eigenvalue weighted by molar-refractivity contribution is 5.62. The molecule has 16 heavy (non-hydrogen) atoms. The summed E-state index contributed by atoms with van der Waals surface area (Å²) in [6.07, 6.45) is 2.34. The zero-order valence-corrected chi connectivity index (χ0v) is 8.94. The summed E-state index contributed by atoms with van der Waals surface area (Å²) >= 11 is 0. The Morgan fingerprint density at radius 2 is 2.38 bits per heavy atom. The first kappa shape index (κ1) is 12.2. The van der Waals surface area contributed by atoms with Gasteiger partial charge in [0.25, 0.3) is 0 Å². The molecule has 0 saturated carbocycles. The summed E-state index contributed by atoms with van der Waals surface area (Å²) < 4.78 is 13.2. The first-order valence-corrected chi connectivity index (χ1v) is 4.86. The SMILES string of the molecule is C=CCC(C)Nc1cccc(F)c1[N+](=O)[O-]. The highest BCUT2D eigenvalue weighted by Gasteiger charge is 2.20. The molecule has 1 rings (SSSR count). The lowest BCUT2D eigenvalue weighted by Crippen LogP contribution is -2.15. The van der Waals surface area contributed by atoms with Crippen molar-refractivity contribution in [3.8, 4) is 0 Å². The van der Waals surface area contributed by atoms with Crippen molar-refractivity contribution in [3.05, 3.63) is 46.8 Å². The van der Waals surface area contributed by atoms with Crippen LogP contribution in [0.5, 0.6) is 0 Å². The molecule has 0 saturated heterocycles. The van der Waals surface area contributed by atoms with Crippen molar-refractivity contribution in [2.75, 3.05) is 5.32 Å². The van der Waals surface area contributed by atoms with Gasteiger partial charge in [-0.15, -0.1) is 6.58 Å². The maximum Gasteiger partial charge on any atom is 0.327 e. The highest BCUT2D eigenvalue weighted by atomic mass is 19.1. The summed E-state index contributed by atoms with van der Waals surface area (Å²) in [5.74, 6) is -0.833. The fourth-order valence-electron chi connectivity index (χ4n) is 1.39. The smallest absolute Gasteiger partial charge is 0.327 e. The van der Waals surface area contributed by atoms with Crippen LogP contribution in [-0.2, 0) is 0 Å². The van der Waals surface area contributed by atoms with E-state index in [1.54, 1.807) is 6.08 Å². The van der Waals surface area contributed by atoms with Crippen LogP contribution in [0.25, 0.3) is 0 Å². The molecule has 1 atom stereocenters. The summed E-state index contributed by atoms with van der Waals surface area (Å²) in [4.78, 5) is 9.96. The Morgan fingerprint density at radius 3 is 2.94 bits per heavy atom. The van der Waals surface area contributed by atoms with Crippen LogP contribution < -0.4 is 5.32 Å². The number of nitrogens with one attached hydrogen (secondary N) is 1. The van der Waals surface area contributed by atoms with Crippen molar-refractivity contribution < 1.29 is 9.31 Å². The standard InChI is InChI=1S/C11H13FN2O2/c1-3-5-8(2)13-10-7-4-6-9(12)11(10)14(15)16/h3-4,6-8,13H,1,5H2,2H3. The first-order valence-electron chi connectivity index (χ1n) is 4.86. The van der Waals surface area contributed by atoms with Gasteiger partial charge >= 0.3 is 5.69 Å². The lowest BCUT2D eigenvalue weighted by Gasteiger charge is -2.13. The second-order valence-electron chi connectivity index (χ2n) is 3.46. The van der Waals surface area contributed by atoms with Crippen LogP contribution in [0.3, 0.4) is 0 Å². The molecule has 0 aliphatic heterocycles. The van der Waals surface area contributed by atoms with Gasteiger partial charge < -0.3 is 5.32 Å². The number of nitro benzene ring substituents is 1. The van der Waals surface area contributed by atoms with E-state index in [4.69, 9.17) is 0 Å². The van der Waals surface area contributed by atoms with E-state index in [0.717, 1.165) is 6.07 Å². The monoisotopic (exact) mass is 224 g/mol. The molecule has 0 aliphatic carbocycles. The predicted octanol–water partition coefficient (Wildman–Crippen LogP) is 3.11. The van der Waals surface area contributed by atoms with Crippen molar-refractivity contribution in [1.82, 2.24) is 0 Å². The third-order valence-electron chi connectivity index (χ3n) is 2.09. The number of nitro groups is 1. The molecule has 0 fully saturated rings. The molecule has 1 aromatic carbocycles. The van der Waals surface area contributed by atoms with E-state index in [2.05, 4.69) is 11.9 Å². The molecule has 1 unspecified atom stereocenters. The van der Waals surface area contributed by atoms with Crippen LogP contribution in [0.4, 0.5) is 15.8 Å². The van der Waals surface area contributed by atoms with Crippen LogP contribution in [0.15, 0.2) is 30.9 Å². The van der Waals surface area contributed by atoms with Crippen LogP contribution in [0.1, 0.15) is 13.3 Å². The molecule has 0 aliphatic rings. The van der Waals surface area contributed by atoms with Crippen molar-refractivity contribution in [2.45, 2.75) is 19.4 Å². The van der Waals surface area contributed by atoms with Crippen molar-refractivity contribution in [3.63, 3.8) is 0 Å². The van der Waals surface area contributed by atoms with Crippen LogP contribution in [0.2, 0.25) is 0 Å². The summed E-state index contributed by atoms with van der Waals surface area (Å²) in [5, 5.41) is 13.6. The van der Waals surface area contributed by atoms with Crippen LogP contribution in [-0.4, -0.2) is 11.0 Å². The third-order valence-corrected chi connectivity index (χ3v) is 2.09. The summed E-state index contributed by atoms with van der Waals surface area (Å²) in [6, 6.07) is 3.96. The van der Waals surface area contributed by atoms with Gasteiger partial charge in [-0.2, -0.15) is 4.39 Å². The van der Waals surface area contributed by atoms with E-state index < -0.39 is 16.4 Å². The zero-order chi connectivity index (χ0) is 12.1. The molecule has 0 amide bonds. The fraction of sp³-hybridized carbons (Fsp3) is 0.273. The molecule has 0 aromatic heterocycles. The van der Waals surface area contributed by atoms with Gasteiger partial charge in [-0.3, -0.25) is 10.1 Å². The largest absolute Gasteiger partial charge is 0.377 e. The molecule has 0 spiro atoms. The average Bonchev–Trinajstić information content (AvgIpc) is 2.17. The number of benzene rings is 1. The van der Waals surface area contributed by atoms with Gasteiger partial charge in [0.1, 0.15) is 5.69 Å². The minimum Gasteiger partial charge on any atom is -0.377 e. The molecule has 0 heterocycles. The van der Waals surface area contributed by atoms with Crippen molar-refractivity contribution >= 4 is 11.4 Å². The lowest BCUT2D eigenvalue weighted by atomic mass is 10.2. The number of para-hydroxylation sites is 1. The zero-order valence-electron chi connectivity index (χ0n) is 8.94. The molecule has 5 heteroatoms. The maximum absolute atomic E-state index is 13.2. The van der Waals surface area contributed by atoms with Gasteiger partial charge in [0.2, 0.25) is 5.82 Å². The second-order valence-corrected chi connectivity index (χ2v) is 3.46. The molecule has 86 valence electrons. The Hall–Kier alpha value is -1.91. The fourth-order valence-corrected chi connectivity index (χ4v) is 1.39. The molecule has 1 aromatic rings. The van der Waals surface area contributed by atoms with Gasteiger partial charge in [-0.1, -0.05) is 12.1 Å². The lowest BCUT2D eigenvalue weighted by molar-refractivity contribution is -0.386. The number of halogens is 1. The maximum atomic E-state index is 13.2. The first-order chi connectivity index (χ1) is 7.56. The number of hydrogen-bond acceptors (Lipinski definition) is 3. The van der Waals surface area contributed by atoms with E-state index in [-0.39, 0.29) is 11.7 Å². The van der Waals surface area contributed by atoms with Gasteiger partial charge in [-0.05, 0) is 25.5 Å². The van der Waals surface area contributed by atoms with Gasteiger partial charge in [0.15, 0.2) is 0 Å². The molecular formula is C11H13FN2O2. The van der Waals surface area contributed by atoms with Crippen molar-refractivity contribution in [2.24, 2.45) is 0 Å². The topological polar surface area (TPSA) is 55.2 Å². The highest BCUT2D eigenvalue weighted by Crippen LogP contribution is 2.27. The third kappa shape index (κ3) is 2.79. The Balaban J connectivity index is 2.99. The van der Waals surface area contributed by atoms with E-state index in [1.807, 2.05) is 6.92 Å². The van der Waals surface area contributed by atoms with Crippen LogP contribution in [0, 0.1) is 15.9 Å². The number of nitrogens with zero attached hydrogens (tertiary/aromatic N) is 1. The number of anilines is 1. The Morgan fingerprint density at radius 1 is 1.69 bits per heavy atom. The summed E-state index contributed by atoms with van der Waals surface area (Å²) in [5.41, 5.74) is -0.322. The Labute approximate surface area is 92.9 Å².